The highest BCUT2D eigenvalue weighted by atomic mass is 35.5. The molecule has 0 aromatic heterocycles. The Hall–Kier alpha value is -0.590. The summed E-state index contributed by atoms with van der Waals surface area (Å²) in [4.78, 5) is 8.56. The van der Waals surface area contributed by atoms with Crippen LogP contribution >= 0.6 is 23.2 Å². The first-order chi connectivity index (χ1) is 3.65. The molecule has 0 aromatic rings. The average molecular weight is 157 g/mol. The van der Waals surface area contributed by atoms with Crippen molar-refractivity contribution in [3.05, 3.63) is 0 Å². The van der Waals surface area contributed by atoms with Crippen LogP contribution < -0.4 is 0 Å². The minimum absolute atomic E-state index is 1.83. The topological polar surface area (TPSA) is 57.5 Å². The van der Waals surface area contributed by atoms with Crippen molar-refractivity contribution in [2.75, 3.05) is 0 Å². The molecule has 0 spiro atoms. The van der Waals surface area contributed by atoms with E-state index in [2.05, 4.69) is 0 Å². The first kappa shape index (κ1) is 10.4. The fourth-order valence-electron chi connectivity index (χ4n) is 0. The van der Waals surface area contributed by atoms with Crippen LogP contribution in [0.15, 0.2) is 0 Å². The van der Waals surface area contributed by atoms with Gasteiger partial charge >= 0.3 is 6.16 Å². The van der Waals surface area contributed by atoms with Gasteiger partial charge in [0.15, 0.2) is 0 Å². The molecule has 0 unspecified atom stereocenters. The van der Waals surface area contributed by atoms with Gasteiger partial charge in [0.1, 0.15) is 0 Å². The molecule has 0 heterocycles. The highest BCUT2D eigenvalue weighted by Gasteiger charge is 1.70. The van der Waals surface area contributed by atoms with E-state index in [4.69, 9.17) is 38.2 Å². The minimum atomic E-state index is -1.83. The Kier molecular flexibility index (Phi) is 12.5. The molecule has 0 saturated carbocycles. The van der Waals surface area contributed by atoms with Crippen LogP contribution in [-0.4, -0.2) is 16.4 Å². The molecule has 0 atom stereocenters. The van der Waals surface area contributed by atoms with Crippen molar-refractivity contribution in [2.24, 2.45) is 0 Å². The number of hydrogen-bond acceptors (Lipinski definition) is 1. The third kappa shape index (κ3) is 626. The van der Waals surface area contributed by atoms with Gasteiger partial charge < -0.3 is 10.2 Å². The normalized spacial score (nSPS) is 4.75. The summed E-state index contributed by atoms with van der Waals surface area (Å²) < 4.78 is 0. The van der Waals surface area contributed by atoms with Crippen LogP contribution in [0.4, 0.5) is 4.79 Å². The molecule has 0 bridgehead atoms. The second-order valence-corrected chi connectivity index (χ2v) is 0.850. The van der Waals surface area contributed by atoms with Crippen LogP contribution in [0.2, 0.25) is 0 Å². The second kappa shape index (κ2) is 9.65. The summed E-state index contributed by atoms with van der Waals surface area (Å²) in [5.41, 5.74) is 0. The Labute approximate surface area is 55.8 Å². The van der Waals surface area contributed by atoms with Crippen LogP contribution in [0.1, 0.15) is 0 Å². The maximum absolute atomic E-state index is 8.56. The maximum atomic E-state index is 8.56. The van der Waals surface area contributed by atoms with Crippen LogP contribution in [0, 0.1) is 10.8 Å². The molecule has 0 radical (unpaired) electrons. The first-order valence-electron chi connectivity index (χ1n) is 1.28. The molecule has 0 aliphatic rings. The lowest BCUT2D eigenvalue weighted by molar-refractivity contribution is 0.137. The van der Waals surface area contributed by atoms with E-state index in [0.717, 1.165) is 0 Å². The van der Waals surface area contributed by atoms with Gasteiger partial charge in [-0.15, -0.1) is 0 Å². The van der Waals surface area contributed by atoms with Crippen molar-refractivity contribution in [2.45, 2.75) is 0 Å². The monoisotopic (exact) mass is 156 g/mol. The number of rotatable bonds is 0. The van der Waals surface area contributed by atoms with E-state index in [1.165, 1.54) is 0 Å². The van der Waals surface area contributed by atoms with Gasteiger partial charge in [-0.05, 0) is 23.2 Å². The molecule has 0 amide bonds. The SMILES string of the molecule is ClC#CCl.O=C(O)O. The number of hydrogen-bond donors (Lipinski definition) is 2. The van der Waals surface area contributed by atoms with Gasteiger partial charge in [-0.1, -0.05) is 0 Å². The second-order valence-electron chi connectivity index (χ2n) is 0.472. The predicted molar refractivity (Wildman–Crippen MR) is 30.1 cm³/mol. The smallest absolute Gasteiger partial charge is 0.450 e. The molecule has 2 N–H and O–H groups in total. The van der Waals surface area contributed by atoms with Crippen molar-refractivity contribution >= 4 is 29.4 Å². The summed E-state index contributed by atoms with van der Waals surface area (Å²) in [6, 6.07) is 0. The lowest BCUT2D eigenvalue weighted by atomic mass is 11.4. The van der Waals surface area contributed by atoms with Crippen molar-refractivity contribution in [3.63, 3.8) is 0 Å². The molecular weight excluding hydrogens is 155 g/mol. The van der Waals surface area contributed by atoms with E-state index in [9.17, 15) is 0 Å². The van der Waals surface area contributed by atoms with E-state index in [-0.39, 0.29) is 0 Å². The zero-order chi connectivity index (χ0) is 6.99. The molecule has 0 rings (SSSR count). The highest BCUT2D eigenvalue weighted by molar-refractivity contribution is 6.38. The quantitative estimate of drug-likeness (QED) is 0.525. The maximum Gasteiger partial charge on any atom is 0.503 e. The van der Waals surface area contributed by atoms with Gasteiger partial charge in [0, 0.05) is 10.8 Å². The largest absolute Gasteiger partial charge is 0.503 e. The standard InChI is InChI=1S/C2Cl2.CH2O3/c3-1-2-4;2-1(3)4/h;(H2,2,3,4). The third-order valence-corrected chi connectivity index (χ3v) is 0.321. The summed E-state index contributed by atoms with van der Waals surface area (Å²) in [6.07, 6.45) is -1.83. The van der Waals surface area contributed by atoms with Gasteiger partial charge in [-0.2, -0.15) is 0 Å². The van der Waals surface area contributed by atoms with Gasteiger partial charge in [-0.3, -0.25) is 0 Å². The molecule has 0 aliphatic heterocycles. The summed E-state index contributed by atoms with van der Waals surface area (Å²) in [5, 5.41) is 17.8. The summed E-state index contributed by atoms with van der Waals surface area (Å²) in [5.74, 6) is 0. The summed E-state index contributed by atoms with van der Waals surface area (Å²) in [7, 11) is 0. The van der Waals surface area contributed by atoms with E-state index in [1.54, 1.807) is 0 Å². The van der Waals surface area contributed by atoms with Gasteiger partial charge in [0.05, 0.1) is 0 Å². The lowest BCUT2D eigenvalue weighted by Crippen LogP contribution is -1.81. The fourth-order valence-corrected chi connectivity index (χ4v) is 0. The zero-order valence-corrected chi connectivity index (χ0v) is 5.07. The van der Waals surface area contributed by atoms with Crippen LogP contribution in [0.3, 0.4) is 0 Å². The van der Waals surface area contributed by atoms with E-state index in [0.29, 0.717) is 0 Å². The van der Waals surface area contributed by atoms with E-state index >= 15 is 0 Å². The first-order valence-corrected chi connectivity index (χ1v) is 2.04. The van der Waals surface area contributed by atoms with Crippen LogP contribution in [0.25, 0.3) is 0 Å². The molecular formula is C3H2Cl2O3. The molecule has 46 valence electrons. The zero-order valence-electron chi connectivity index (χ0n) is 3.56. The summed E-state index contributed by atoms with van der Waals surface area (Å²) in [6.45, 7) is 0. The van der Waals surface area contributed by atoms with Crippen molar-refractivity contribution < 1.29 is 15.0 Å². The van der Waals surface area contributed by atoms with Crippen molar-refractivity contribution in [1.29, 1.82) is 0 Å². The van der Waals surface area contributed by atoms with Crippen LogP contribution in [0.5, 0.6) is 0 Å². The Morgan fingerprint density at radius 1 is 1.25 bits per heavy atom. The van der Waals surface area contributed by atoms with Crippen molar-refractivity contribution in [3.8, 4) is 10.8 Å². The fraction of sp³-hybridized carbons (Fsp3) is 0. The van der Waals surface area contributed by atoms with Crippen LogP contribution in [-0.2, 0) is 0 Å². The Morgan fingerprint density at radius 3 is 1.38 bits per heavy atom. The van der Waals surface area contributed by atoms with Gasteiger partial charge in [0.25, 0.3) is 0 Å². The van der Waals surface area contributed by atoms with Crippen molar-refractivity contribution in [1.82, 2.24) is 0 Å². The number of carboxylic acid groups (broad SMARTS) is 2. The molecule has 5 heteroatoms. The molecule has 0 aromatic carbocycles. The highest BCUT2D eigenvalue weighted by Crippen LogP contribution is 1.64. The Balaban J connectivity index is 0. The summed E-state index contributed by atoms with van der Waals surface area (Å²) >= 11 is 9.39. The molecule has 3 nitrogen and oxygen atoms in total. The number of halogens is 2. The molecule has 0 aliphatic carbocycles. The number of carbonyl (C=O) groups is 1. The van der Waals surface area contributed by atoms with E-state index < -0.39 is 6.16 Å². The third-order valence-electron chi connectivity index (χ3n) is 0.0357. The molecule has 0 fully saturated rings. The van der Waals surface area contributed by atoms with E-state index in [1.807, 2.05) is 10.8 Å². The molecule has 8 heavy (non-hydrogen) atoms. The molecule has 0 saturated heterocycles. The minimum Gasteiger partial charge on any atom is -0.450 e. The average Bonchev–Trinajstić information content (AvgIpc) is 1.65. The lowest BCUT2D eigenvalue weighted by Gasteiger charge is -1.60. The Bertz CT molecular complexity index is 101. The predicted octanol–water partition coefficient (Wildman–Crippen LogP) is 1.60. The Morgan fingerprint density at radius 2 is 1.38 bits per heavy atom. The van der Waals surface area contributed by atoms with Gasteiger partial charge in [0.2, 0.25) is 0 Å². The van der Waals surface area contributed by atoms with Gasteiger partial charge in [-0.25, -0.2) is 4.79 Å².